The van der Waals surface area contributed by atoms with Crippen LogP contribution in [-0.4, -0.2) is 9.97 Å². The summed E-state index contributed by atoms with van der Waals surface area (Å²) < 4.78 is 0. The summed E-state index contributed by atoms with van der Waals surface area (Å²) in [7, 11) is 0. The Balaban J connectivity index is 1.98. The highest BCUT2D eigenvalue weighted by Gasteiger charge is 2.08. The lowest BCUT2D eigenvalue weighted by Crippen LogP contribution is -2.19. The van der Waals surface area contributed by atoms with E-state index in [-0.39, 0.29) is 6.04 Å². The van der Waals surface area contributed by atoms with Crippen molar-refractivity contribution in [1.82, 2.24) is 15.3 Å². The summed E-state index contributed by atoms with van der Waals surface area (Å²) in [6, 6.07) is 8.04. The van der Waals surface area contributed by atoms with Crippen LogP contribution < -0.4 is 5.32 Å². The molecule has 2 rings (SSSR count). The number of halogens is 1. The third kappa shape index (κ3) is 3.28. The molecule has 94 valence electrons. The third-order valence-corrected chi connectivity index (χ3v) is 3.14. The highest BCUT2D eigenvalue weighted by atomic mass is 35.5. The predicted molar refractivity (Wildman–Crippen MR) is 73.5 cm³/mol. The van der Waals surface area contributed by atoms with Gasteiger partial charge in [-0.2, -0.15) is 0 Å². The molecule has 1 heterocycles. The minimum Gasteiger partial charge on any atom is -0.304 e. The molecule has 1 N–H and O–H groups in total. The van der Waals surface area contributed by atoms with Crippen molar-refractivity contribution in [2.45, 2.75) is 26.4 Å². The molecular weight excluding hydrogens is 246 g/mol. The average molecular weight is 262 g/mol. The Morgan fingerprint density at radius 1 is 1.22 bits per heavy atom. The van der Waals surface area contributed by atoms with Crippen molar-refractivity contribution >= 4 is 11.6 Å². The second-order valence-electron chi connectivity index (χ2n) is 4.27. The van der Waals surface area contributed by atoms with E-state index in [2.05, 4.69) is 22.2 Å². The molecule has 0 radical (unpaired) electrons. The summed E-state index contributed by atoms with van der Waals surface area (Å²) in [6.45, 7) is 4.69. The molecule has 0 aliphatic carbocycles. The largest absolute Gasteiger partial charge is 0.304 e. The lowest BCUT2D eigenvalue weighted by molar-refractivity contribution is 0.566. The Bertz CT molecular complexity index is 511. The summed E-state index contributed by atoms with van der Waals surface area (Å²) in [5, 5.41) is 4.17. The molecule has 0 saturated heterocycles. The Labute approximate surface area is 112 Å². The topological polar surface area (TPSA) is 37.8 Å². The van der Waals surface area contributed by atoms with Crippen LogP contribution in [0.1, 0.15) is 29.9 Å². The quantitative estimate of drug-likeness (QED) is 0.918. The molecular formula is C14H16ClN3. The van der Waals surface area contributed by atoms with Gasteiger partial charge in [0.25, 0.3) is 0 Å². The van der Waals surface area contributed by atoms with Crippen LogP contribution >= 0.6 is 11.6 Å². The van der Waals surface area contributed by atoms with Crippen molar-refractivity contribution in [3.05, 3.63) is 58.6 Å². The van der Waals surface area contributed by atoms with Gasteiger partial charge in [0, 0.05) is 30.0 Å². The zero-order valence-electron chi connectivity index (χ0n) is 10.5. The van der Waals surface area contributed by atoms with Gasteiger partial charge in [0.1, 0.15) is 0 Å². The van der Waals surface area contributed by atoms with Crippen molar-refractivity contribution in [2.24, 2.45) is 0 Å². The van der Waals surface area contributed by atoms with Gasteiger partial charge in [-0.3, -0.25) is 9.97 Å². The molecule has 0 spiro atoms. The molecule has 2 aromatic rings. The zero-order valence-corrected chi connectivity index (χ0v) is 11.3. The van der Waals surface area contributed by atoms with Gasteiger partial charge in [0.05, 0.1) is 11.4 Å². The highest BCUT2D eigenvalue weighted by Crippen LogP contribution is 2.22. The Morgan fingerprint density at radius 2 is 2.00 bits per heavy atom. The fourth-order valence-electron chi connectivity index (χ4n) is 1.70. The molecule has 18 heavy (non-hydrogen) atoms. The van der Waals surface area contributed by atoms with Gasteiger partial charge in [-0.25, -0.2) is 0 Å². The van der Waals surface area contributed by atoms with Crippen LogP contribution in [0.5, 0.6) is 0 Å². The molecule has 1 aromatic heterocycles. The van der Waals surface area contributed by atoms with Crippen LogP contribution in [0.2, 0.25) is 5.02 Å². The maximum Gasteiger partial charge on any atom is 0.0724 e. The van der Waals surface area contributed by atoms with Gasteiger partial charge in [0.15, 0.2) is 0 Å². The molecule has 0 bridgehead atoms. The van der Waals surface area contributed by atoms with Crippen LogP contribution in [0.15, 0.2) is 36.7 Å². The second-order valence-corrected chi connectivity index (χ2v) is 4.68. The van der Waals surface area contributed by atoms with E-state index in [1.165, 1.54) is 0 Å². The Morgan fingerprint density at radius 3 is 2.67 bits per heavy atom. The normalized spacial score (nSPS) is 12.4. The molecule has 0 aliphatic rings. The summed E-state index contributed by atoms with van der Waals surface area (Å²) >= 11 is 6.15. The molecule has 0 amide bonds. The van der Waals surface area contributed by atoms with E-state index in [1.54, 1.807) is 12.4 Å². The maximum absolute atomic E-state index is 6.15. The fourth-order valence-corrected chi connectivity index (χ4v) is 2.00. The first-order chi connectivity index (χ1) is 8.66. The molecule has 3 nitrogen and oxygen atoms in total. The monoisotopic (exact) mass is 261 g/mol. The van der Waals surface area contributed by atoms with Crippen molar-refractivity contribution in [1.29, 1.82) is 0 Å². The zero-order chi connectivity index (χ0) is 13.0. The molecule has 1 unspecified atom stereocenters. The van der Waals surface area contributed by atoms with E-state index in [4.69, 9.17) is 11.6 Å². The predicted octanol–water partition coefficient (Wildman–Crippen LogP) is 3.29. The molecule has 4 heteroatoms. The first kappa shape index (κ1) is 13.0. The van der Waals surface area contributed by atoms with E-state index in [1.807, 2.05) is 31.2 Å². The molecule has 1 atom stereocenters. The standard InChI is InChI=1S/C14H16ClN3/c1-10-7-18-12(8-16-10)9-17-11(2)13-5-3-4-6-14(13)15/h3-8,11,17H,9H2,1-2H3. The SMILES string of the molecule is Cc1cnc(CNC(C)c2ccccc2Cl)cn1. The Hall–Kier alpha value is -1.45. The van der Waals surface area contributed by atoms with E-state index >= 15 is 0 Å². The van der Waals surface area contributed by atoms with E-state index < -0.39 is 0 Å². The first-order valence-electron chi connectivity index (χ1n) is 5.92. The van der Waals surface area contributed by atoms with E-state index in [9.17, 15) is 0 Å². The minimum absolute atomic E-state index is 0.182. The summed E-state index contributed by atoms with van der Waals surface area (Å²) in [5.74, 6) is 0. The van der Waals surface area contributed by atoms with Crippen molar-refractivity contribution < 1.29 is 0 Å². The summed E-state index contributed by atoms with van der Waals surface area (Å²) in [6.07, 6.45) is 3.57. The van der Waals surface area contributed by atoms with Gasteiger partial charge in [0.2, 0.25) is 0 Å². The smallest absolute Gasteiger partial charge is 0.0724 e. The average Bonchev–Trinajstić information content (AvgIpc) is 2.38. The fraction of sp³-hybridized carbons (Fsp3) is 0.286. The summed E-state index contributed by atoms with van der Waals surface area (Å²) in [5.41, 5.74) is 2.96. The van der Waals surface area contributed by atoms with Crippen LogP contribution in [0.25, 0.3) is 0 Å². The van der Waals surface area contributed by atoms with Gasteiger partial charge in [-0.1, -0.05) is 29.8 Å². The van der Waals surface area contributed by atoms with Gasteiger partial charge >= 0.3 is 0 Å². The second kappa shape index (κ2) is 5.94. The van der Waals surface area contributed by atoms with Crippen molar-refractivity contribution in [2.75, 3.05) is 0 Å². The van der Waals surface area contributed by atoms with Crippen LogP contribution in [-0.2, 0) is 6.54 Å². The lowest BCUT2D eigenvalue weighted by Gasteiger charge is -2.15. The van der Waals surface area contributed by atoms with Crippen LogP contribution in [0.3, 0.4) is 0 Å². The molecule has 0 saturated carbocycles. The number of hydrogen-bond acceptors (Lipinski definition) is 3. The highest BCUT2D eigenvalue weighted by molar-refractivity contribution is 6.31. The van der Waals surface area contributed by atoms with E-state index in [0.717, 1.165) is 22.0 Å². The first-order valence-corrected chi connectivity index (χ1v) is 6.30. The van der Waals surface area contributed by atoms with E-state index in [0.29, 0.717) is 6.54 Å². The van der Waals surface area contributed by atoms with Gasteiger partial charge in [-0.15, -0.1) is 0 Å². The van der Waals surface area contributed by atoms with Crippen molar-refractivity contribution in [3.8, 4) is 0 Å². The van der Waals surface area contributed by atoms with Gasteiger partial charge < -0.3 is 5.32 Å². The van der Waals surface area contributed by atoms with Crippen molar-refractivity contribution in [3.63, 3.8) is 0 Å². The number of aryl methyl sites for hydroxylation is 1. The molecule has 1 aromatic carbocycles. The maximum atomic E-state index is 6.15. The van der Waals surface area contributed by atoms with Gasteiger partial charge in [-0.05, 0) is 25.5 Å². The molecule has 0 aliphatic heterocycles. The summed E-state index contributed by atoms with van der Waals surface area (Å²) in [4.78, 5) is 8.53. The molecule has 0 fully saturated rings. The van der Waals surface area contributed by atoms with Crippen LogP contribution in [0.4, 0.5) is 0 Å². The Kier molecular flexibility index (Phi) is 4.28. The minimum atomic E-state index is 0.182. The lowest BCUT2D eigenvalue weighted by atomic mass is 10.1. The number of hydrogen-bond donors (Lipinski definition) is 1. The number of nitrogens with one attached hydrogen (secondary N) is 1. The number of nitrogens with zero attached hydrogens (tertiary/aromatic N) is 2. The third-order valence-electron chi connectivity index (χ3n) is 2.80. The van der Waals surface area contributed by atoms with Crippen LogP contribution in [0, 0.1) is 6.92 Å². The number of benzene rings is 1. The number of rotatable bonds is 4. The number of aromatic nitrogens is 2.